The molecule has 1 N–H and O–H groups in total. The summed E-state index contributed by atoms with van der Waals surface area (Å²) in [5.41, 5.74) is 1.17. The number of rotatable bonds is 4. The summed E-state index contributed by atoms with van der Waals surface area (Å²) in [5.74, 6) is 0. The fourth-order valence-corrected chi connectivity index (χ4v) is 1.16. The molecule has 0 aliphatic rings. The average Bonchev–Trinajstić information content (AvgIpc) is 2.05. The minimum absolute atomic E-state index is 0.562. The lowest BCUT2D eigenvalue weighted by atomic mass is 10.2. The zero-order chi connectivity index (χ0) is 8.81. The molecule has 0 radical (unpaired) electrons. The smallest absolute Gasteiger partial charge is 0.0964 e. The molecule has 0 saturated heterocycles. The van der Waals surface area contributed by atoms with E-state index in [0.717, 1.165) is 11.6 Å². The summed E-state index contributed by atoms with van der Waals surface area (Å²) in [6.45, 7) is 1.35. The van der Waals surface area contributed by atoms with Gasteiger partial charge in [-0.2, -0.15) is 0 Å². The van der Waals surface area contributed by atoms with Crippen molar-refractivity contribution in [3.05, 3.63) is 34.9 Å². The molecule has 0 heterocycles. The second-order valence-electron chi connectivity index (χ2n) is 2.49. The number of halogens is 1. The van der Waals surface area contributed by atoms with E-state index in [-0.39, 0.29) is 0 Å². The Hall–Kier alpha value is -0.570. The van der Waals surface area contributed by atoms with E-state index in [9.17, 15) is 0 Å². The lowest BCUT2D eigenvalue weighted by molar-refractivity contribution is 0.174. The van der Waals surface area contributed by atoms with Gasteiger partial charge in [0.1, 0.15) is 0 Å². The largest absolute Gasteiger partial charge is 0.370 e. The third-order valence-electron chi connectivity index (χ3n) is 1.46. The van der Waals surface area contributed by atoms with Crippen LogP contribution in [0.5, 0.6) is 0 Å². The van der Waals surface area contributed by atoms with Crippen molar-refractivity contribution < 1.29 is 4.74 Å². The van der Waals surface area contributed by atoms with Crippen molar-refractivity contribution in [3.8, 4) is 0 Å². The fourth-order valence-electron chi connectivity index (χ4n) is 0.944. The van der Waals surface area contributed by atoms with E-state index in [4.69, 9.17) is 16.3 Å². The van der Waals surface area contributed by atoms with Crippen molar-refractivity contribution in [2.45, 2.75) is 6.54 Å². The number of ether oxygens (including phenoxy) is 1. The standard InChI is InChI=1S/C9H12ClNO/c1-12-7-11-6-8-3-2-4-9(10)5-8/h2-5,11H,6-7H2,1H3. The Morgan fingerprint density at radius 3 is 3.00 bits per heavy atom. The van der Waals surface area contributed by atoms with Crippen LogP contribution in [0.1, 0.15) is 5.56 Å². The third-order valence-corrected chi connectivity index (χ3v) is 1.70. The number of hydrogen-bond donors (Lipinski definition) is 1. The van der Waals surface area contributed by atoms with Crippen LogP contribution in [0.25, 0.3) is 0 Å². The van der Waals surface area contributed by atoms with Gasteiger partial charge in [0.2, 0.25) is 0 Å². The van der Waals surface area contributed by atoms with Gasteiger partial charge >= 0.3 is 0 Å². The van der Waals surface area contributed by atoms with Crippen molar-refractivity contribution in [2.75, 3.05) is 13.8 Å². The Kier molecular flexibility index (Phi) is 4.08. The lowest BCUT2D eigenvalue weighted by Crippen LogP contribution is -2.15. The molecule has 0 fully saturated rings. The van der Waals surface area contributed by atoms with E-state index in [1.165, 1.54) is 5.56 Å². The highest BCUT2D eigenvalue weighted by molar-refractivity contribution is 6.30. The summed E-state index contributed by atoms with van der Waals surface area (Å²) < 4.78 is 4.85. The van der Waals surface area contributed by atoms with E-state index < -0.39 is 0 Å². The van der Waals surface area contributed by atoms with Crippen LogP contribution in [0.2, 0.25) is 5.02 Å². The van der Waals surface area contributed by atoms with Gasteiger partial charge in [-0.05, 0) is 17.7 Å². The molecule has 0 aliphatic heterocycles. The maximum absolute atomic E-state index is 5.80. The molecule has 0 aliphatic carbocycles. The molecule has 66 valence electrons. The maximum atomic E-state index is 5.80. The second kappa shape index (κ2) is 5.14. The van der Waals surface area contributed by atoms with Crippen LogP contribution in [0.15, 0.2) is 24.3 Å². The van der Waals surface area contributed by atoms with E-state index >= 15 is 0 Å². The van der Waals surface area contributed by atoms with Crippen LogP contribution >= 0.6 is 11.6 Å². The predicted molar refractivity (Wildman–Crippen MR) is 50.2 cm³/mol. The van der Waals surface area contributed by atoms with E-state index in [1.54, 1.807) is 7.11 Å². The van der Waals surface area contributed by atoms with Crippen molar-refractivity contribution >= 4 is 11.6 Å². The van der Waals surface area contributed by atoms with Crippen molar-refractivity contribution in [1.82, 2.24) is 5.32 Å². The van der Waals surface area contributed by atoms with Gasteiger partial charge in [0.05, 0.1) is 6.73 Å². The predicted octanol–water partition coefficient (Wildman–Crippen LogP) is 2.03. The normalized spacial score (nSPS) is 10.2. The van der Waals surface area contributed by atoms with Crippen LogP contribution in [0.4, 0.5) is 0 Å². The minimum atomic E-state index is 0.562. The number of benzene rings is 1. The summed E-state index contributed by atoms with van der Waals surface area (Å²) in [4.78, 5) is 0. The first-order valence-corrected chi connectivity index (χ1v) is 4.15. The maximum Gasteiger partial charge on any atom is 0.0964 e. The quantitative estimate of drug-likeness (QED) is 0.573. The molecule has 0 atom stereocenters. The molecule has 3 heteroatoms. The monoisotopic (exact) mass is 185 g/mol. The third kappa shape index (κ3) is 3.22. The van der Waals surface area contributed by atoms with Crippen molar-refractivity contribution in [1.29, 1.82) is 0 Å². The van der Waals surface area contributed by atoms with Gasteiger partial charge in [0, 0.05) is 18.7 Å². The first-order valence-electron chi connectivity index (χ1n) is 3.77. The highest BCUT2D eigenvalue weighted by Gasteiger charge is 1.92. The van der Waals surface area contributed by atoms with E-state index in [2.05, 4.69) is 5.32 Å². The van der Waals surface area contributed by atoms with Gasteiger partial charge in [0.25, 0.3) is 0 Å². The molecule has 0 aromatic heterocycles. The van der Waals surface area contributed by atoms with Gasteiger partial charge < -0.3 is 4.74 Å². The van der Waals surface area contributed by atoms with Gasteiger partial charge in [0.15, 0.2) is 0 Å². The first kappa shape index (κ1) is 9.52. The summed E-state index contributed by atoms with van der Waals surface area (Å²) in [5, 5.41) is 3.87. The van der Waals surface area contributed by atoms with Crippen molar-refractivity contribution in [2.24, 2.45) is 0 Å². The molecule has 0 saturated carbocycles. The molecule has 2 nitrogen and oxygen atoms in total. The SMILES string of the molecule is COCNCc1cccc(Cl)c1. The minimum Gasteiger partial charge on any atom is -0.370 e. The molecule has 0 spiro atoms. The fraction of sp³-hybridized carbons (Fsp3) is 0.333. The Labute approximate surface area is 77.5 Å². The van der Waals surface area contributed by atoms with Crippen LogP contribution < -0.4 is 5.32 Å². The summed E-state index contributed by atoms with van der Waals surface area (Å²) in [6.07, 6.45) is 0. The Morgan fingerprint density at radius 2 is 2.33 bits per heavy atom. The number of methoxy groups -OCH3 is 1. The average molecular weight is 186 g/mol. The van der Waals surface area contributed by atoms with Crippen LogP contribution in [0.3, 0.4) is 0 Å². The lowest BCUT2D eigenvalue weighted by Gasteiger charge is -2.03. The van der Waals surface area contributed by atoms with Gasteiger partial charge in [-0.3, -0.25) is 5.32 Å². The second-order valence-corrected chi connectivity index (χ2v) is 2.93. The van der Waals surface area contributed by atoms with Crippen LogP contribution in [0, 0.1) is 0 Å². The first-order chi connectivity index (χ1) is 5.83. The molecular formula is C9H12ClNO. The molecule has 0 unspecified atom stereocenters. The summed E-state index contributed by atoms with van der Waals surface area (Å²) in [7, 11) is 1.66. The van der Waals surface area contributed by atoms with Crippen LogP contribution in [-0.4, -0.2) is 13.8 Å². The summed E-state index contributed by atoms with van der Waals surface area (Å²) in [6, 6.07) is 7.76. The van der Waals surface area contributed by atoms with E-state index in [0.29, 0.717) is 6.73 Å². The molecule has 0 amide bonds. The van der Waals surface area contributed by atoms with Gasteiger partial charge in [-0.15, -0.1) is 0 Å². The highest BCUT2D eigenvalue weighted by atomic mass is 35.5. The molecule has 1 aromatic carbocycles. The topological polar surface area (TPSA) is 21.3 Å². The van der Waals surface area contributed by atoms with E-state index in [1.807, 2.05) is 24.3 Å². The van der Waals surface area contributed by atoms with Gasteiger partial charge in [-0.25, -0.2) is 0 Å². The number of hydrogen-bond acceptors (Lipinski definition) is 2. The highest BCUT2D eigenvalue weighted by Crippen LogP contribution is 2.09. The van der Waals surface area contributed by atoms with Crippen LogP contribution in [-0.2, 0) is 11.3 Å². The number of nitrogens with one attached hydrogen (secondary N) is 1. The molecule has 12 heavy (non-hydrogen) atoms. The summed E-state index contributed by atoms with van der Waals surface area (Å²) >= 11 is 5.80. The molecule has 0 bridgehead atoms. The zero-order valence-electron chi connectivity index (χ0n) is 7.01. The molecular weight excluding hydrogens is 174 g/mol. The zero-order valence-corrected chi connectivity index (χ0v) is 7.77. The van der Waals surface area contributed by atoms with Crippen molar-refractivity contribution in [3.63, 3.8) is 0 Å². The molecule has 1 rings (SSSR count). The molecule has 1 aromatic rings. The Morgan fingerprint density at radius 1 is 1.50 bits per heavy atom. The Balaban J connectivity index is 2.41. The van der Waals surface area contributed by atoms with Gasteiger partial charge in [-0.1, -0.05) is 23.7 Å². The Bertz CT molecular complexity index is 240.